The predicted molar refractivity (Wildman–Crippen MR) is 108 cm³/mol. The zero-order valence-electron chi connectivity index (χ0n) is 16.7. The topological polar surface area (TPSA) is 78.5 Å². The summed E-state index contributed by atoms with van der Waals surface area (Å²) in [5.74, 6) is -0.535. The van der Waals surface area contributed by atoms with E-state index in [4.69, 9.17) is 0 Å². The quantitative estimate of drug-likeness (QED) is 0.790. The number of benzene rings is 1. The number of carbonyl (C=O) groups is 3. The number of likely N-dealkylation sites (N-methyl/N-ethyl adjacent to an activating group) is 1. The summed E-state index contributed by atoms with van der Waals surface area (Å²) < 4.78 is 0. The smallest absolute Gasteiger partial charge is 0.251 e. The summed E-state index contributed by atoms with van der Waals surface area (Å²) in [6.45, 7) is -0.108. The Morgan fingerprint density at radius 3 is 2.29 bits per heavy atom. The molecule has 0 unspecified atom stereocenters. The van der Waals surface area contributed by atoms with Gasteiger partial charge >= 0.3 is 0 Å². The van der Waals surface area contributed by atoms with Gasteiger partial charge in [-0.05, 0) is 37.8 Å². The highest BCUT2D eigenvalue weighted by atomic mass is 16.2. The van der Waals surface area contributed by atoms with E-state index in [0.29, 0.717) is 18.4 Å². The van der Waals surface area contributed by atoms with Gasteiger partial charge in [-0.15, -0.1) is 0 Å². The number of hydrogen-bond acceptors (Lipinski definition) is 3. The SMILES string of the molecule is CN(C(=O)CNC(=O)c1ccccc1)C1(C(=O)NC2CCCC2)CCCCC1. The average Bonchev–Trinajstić information content (AvgIpc) is 3.25. The number of hydrogen-bond donors (Lipinski definition) is 2. The first-order chi connectivity index (χ1) is 13.5. The van der Waals surface area contributed by atoms with Crippen LogP contribution in [0.3, 0.4) is 0 Å². The van der Waals surface area contributed by atoms with Gasteiger partial charge in [0.2, 0.25) is 11.8 Å². The summed E-state index contributed by atoms with van der Waals surface area (Å²) in [5, 5.41) is 5.88. The van der Waals surface area contributed by atoms with Crippen LogP contribution in [-0.2, 0) is 9.59 Å². The molecule has 0 aromatic heterocycles. The summed E-state index contributed by atoms with van der Waals surface area (Å²) in [6.07, 6.45) is 8.67. The molecule has 1 aromatic carbocycles. The molecule has 6 nitrogen and oxygen atoms in total. The minimum Gasteiger partial charge on any atom is -0.351 e. The van der Waals surface area contributed by atoms with E-state index in [2.05, 4.69) is 10.6 Å². The molecule has 0 radical (unpaired) electrons. The highest BCUT2D eigenvalue weighted by molar-refractivity contribution is 5.97. The fourth-order valence-electron chi connectivity index (χ4n) is 4.45. The van der Waals surface area contributed by atoms with Crippen molar-refractivity contribution in [2.24, 2.45) is 0 Å². The highest BCUT2D eigenvalue weighted by Gasteiger charge is 2.45. The molecule has 1 aromatic rings. The summed E-state index contributed by atoms with van der Waals surface area (Å²) in [4.78, 5) is 39.9. The van der Waals surface area contributed by atoms with Gasteiger partial charge in [-0.1, -0.05) is 50.3 Å². The highest BCUT2D eigenvalue weighted by Crippen LogP contribution is 2.34. The molecule has 2 saturated carbocycles. The lowest BCUT2D eigenvalue weighted by atomic mass is 9.79. The van der Waals surface area contributed by atoms with Crippen LogP contribution in [0.2, 0.25) is 0 Å². The fraction of sp³-hybridized carbons (Fsp3) is 0.591. The van der Waals surface area contributed by atoms with E-state index in [9.17, 15) is 14.4 Å². The molecule has 2 fully saturated rings. The van der Waals surface area contributed by atoms with Crippen molar-refractivity contribution in [3.63, 3.8) is 0 Å². The third kappa shape index (κ3) is 4.54. The van der Waals surface area contributed by atoms with E-state index in [1.54, 1.807) is 36.2 Å². The number of carbonyl (C=O) groups excluding carboxylic acids is 3. The molecule has 0 heterocycles. The second kappa shape index (κ2) is 9.22. The molecule has 2 aliphatic carbocycles. The average molecular weight is 386 g/mol. The summed E-state index contributed by atoms with van der Waals surface area (Å²) in [5.41, 5.74) is -0.278. The van der Waals surface area contributed by atoms with Crippen molar-refractivity contribution in [2.45, 2.75) is 69.4 Å². The van der Waals surface area contributed by atoms with Crippen molar-refractivity contribution in [3.05, 3.63) is 35.9 Å². The van der Waals surface area contributed by atoms with Gasteiger partial charge in [-0.25, -0.2) is 0 Å². The molecule has 0 spiro atoms. The summed E-state index contributed by atoms with van der Waals surface area (Å²) >= 11 is 0. The Kier molecular flexibility index (Phi) is 6.70. The molecule has 152 valence electrons. The van der Waals surface area contributed by atoms with E-state index in [-0.39, 0.29) is 30.3 Å². The molecule has 3 rings (SSSR count). The first-order valence-electron chi connectivity index (χ1n) is 10.4. The molecule has 3 amide bonds. The van der Waals surface area contributed by atoms with Gasteiger partial charge in [0.1, 0.15) is 5.54 Å². The first kappa shape index (κ1) is 20.4. The molecular weight excluding hydrogens is 354 g/mol. The molecule has 0 bridgehead atoms. The van der Waals surface area contributed by atoms with E-state index in [1.165, 1.54) is 0 Å². The second-order valence-corrected chi connectivity index (χ2v) is 8.05. The molecule has 0 aliphatic heterocycles. The van der Waals surface area contributed by atoms with Crippen molar-refractivity contribution >= 4 is 17.7 Å². The Morgan fingerprint density at radius 1 is 1.00 bits per heavy atom. The Balaban J connectivity index is 1.64. The van der Waals surface area contributed by atoms with Crippen LogP contribution in [0.25, 0.3) is 0 Å². The van der Waals surface area contributed by atoms with Crippen LogP contribution in [-0.4, -0.2) is 47.8 Å². The van der Waals surface area contributed by atoms with Crippen molar-refractivity contribution in [1.29, 1.82) is 0 Å². The lowest BCUT2D eigenvalue weighted by Crippen LogP contribution is -2.62. The van der Waals surface area contributed by atoms with Crippen LogP contribution in [0, 0.1) is 0 Å². The van der Waals surface area contributed by atoms with Crippen LogP contribution in [0.1, 0.15) is 68.1 Å². The maximum absolute atomic E-state index is 13.2. The van der Waals surface area contributed by atoms with Crippen LogP contribution in [0.4, 0.5) is 0 Å². The maximum Gasteiger partial charge on any atom is 0.251 e. The first-order valence-corrected chi connectivity index (χ1v) is 10.4. The van der Waals surface area contributed by atoms with Crippen molar-refractivity contribution in [2.75, 3.05) is 13.6 Å². The van der Waals surface area contributed by atoms with Crippen LogP contribution in [0.5, 0.6) is 0 Å². The Hall–Kier alpha value is -2.37. The molecule has 28 heavy (non-hydrogen) atoms. The Bertz CT molecular complexity index is 692. The lowest BCUT2D eigenvalue weighted by molar-refractivity contribution is -0.148. The van der Waals surface area contributed by atoms with Gasteiger partial charge < -0.3 is 15.5 Å². The van der Waals surface area contributed by atoms with Crippen LogP contribution >= 0.6 is 0 Å². The van der Waals surface area contributed by atoms with Gasteiger partial charge in [0.05, 0.1) is 6.54 Å². The molecule has 6 heteroatoms. The zero-order valence-corrected chi connectivity index (χ0v) is 16.7. The molecular formula is C22H31N3O3. The largest absolute Gasteiger partial charge is 0.351 e. The molecule has 2 N–H and O–H groups in total. The Labute approximate surface area is 167 Å². The minimum absolute atomic E-state index is 0.0238. The monoisotopic (exact) mass is 385 g/mol. The maximum atomic E-state index is 13.2. The van der Waals surface area contributed by atoms with E-state index in [1.807, 2.05) is 6.07 Å². The number of amides is 3. The summed E-state index contributed by atoms with van der Waals surface area (Å²) in [6, 6.07) is 9.06. The van der Waals surface area contributed by atoms with Gasteiger partial charge in [0.25, 0.3) is 5.91 Å². The third-order valence-corrected chi connectivity index (χ3v) is 6.25. The van der Waals surface area contributed by atoms with E-state index < -0.39 is 5.54 Å². The molecule has 0 atom stereocenters. The Morgan fingerprint density at radius 2 is 1.64 bits per heavy atom. The normalized spacial score (nSPS) is 19.0. The minimum atomic E-state index is -0.796. The van der Waals surface area contributed by atoms with E-state index in [0.717, 1.165) is 44.9 Å². The number of rotatable bonds is 6. The van der Waals surface area contributed by atoms with E-state index >= 15 is 0 Å². The fourth-order valence-corrected chi connectivity index (χ4v) is 4.45. The third-order valence-electron chi connectivity index (χ3n) is 6.25. The predicted octanol–water partition coefficient (Wildman–Crippen LogP) is 2.64. The molecule has 2 aliphatic rings. The van der Waals surface area contributed by atoms with Crippen LogP contribution < -0.4 is 10.6 Å². The lowest BCUT2D eigenvalue weighted by Gasteiger charge is -2.43. The van der Waals surface area contributed by atoms with Crippen LogP contribution in [0.15, 0.2) is 30.3 Å². The van der Waals surface area contributed by atoms with Gasteiger partial charge in [0.15, 0.2) is 0 Å². The number of nitrogens with zero attached hydrogens (tertiary/aromatic N) is 1. The van der Waals surface area contributed by atoms with Crippen molar-refractivity contribution in [1.82, 2.24) is 15.5 Å². The van der Waals surface area contributed by atoms with Gasteiger partial charge in [-0.3, -0.25) is 14.4 Å². The molecule has 0 saturated heterocycles. The summed E-state index contributed by atoms with van der Waals surface area (Å²) in [7, 11) is 1.70. The second-order valence-electron chi connectivity index (χ2n) is 8.05. The van der Waals surface area contributed by atoms with Crippen molar-refractivity contribution < 1.29 is 14.4 Å². The van der Waals surface area contributed by atoms with Gasteiger partial charge in [0, 0.05) is 18.7 Å². The van der Waals surface area contributed by atoms with Gasteiger partial charge in [-0.2, -0.15) is 0 Å². The number of nitrogens with one attached hydrogen (secondary N) is 2. The van der Waals surface area contributed by atoms with Crippen molar-refractivity contribution in [3.8, 4) is 0 Å². The zero-order chi connectivity index (χ0) is 20.0. The standard InChI is InChI=1S/C22H31N3O3/c1-25(19(26)16-23-20(27)17-10-4-2-5-11-17)22(14-8-3-9-15-22)21(28)24-18-12-6-7-13-18/h2,4-5,10-11,18H,3,6-9,12-16H2,1H3,(H,23,27)(H,24,28).